The van der Waals surface area contributed by atoms with E-state index in [0.29, 0.717) is 11.6 Å². The lowest BCUT2D eigenvalue weighted by Crippen LogP contribution is -2.48. The Hall–Kier alpha value is -2.57. The lowest BCUT2D eigenvalue weighted by molar-refractivity contribution is 0.216. The molecular formula is C18H22N4O2. The minimum Gasteiger partial charge on any atom is -0.465 e. The Morgan fingerprint density at radius 1 is 1.21 bits per heavy atom. The molecular weight excluding hydrogens is 304 g/mol. The summed E-state index contributed by atoms with van der Waals surface area (Å²) in [5.41, 5.74) is 2.75. The number of amides is 2. The number of carbonyl (C=O) groups is 1. The third-order valence-corrected chi connectivity index (χ3v) is 4.39. The van der Waals surface area contributed by atoms with Crippen molar-refractivity contribution in [2.24, 2.45) is 11.7 Å². The highest BCUT2D eigenvalue weighted by Crippen LogP contribution is 2.41. The summed E-state index contributed by atoms with van der Waals surface area (Å²) in [5.74, 6) is 12.8. The first kappa shape index (κ1) is 16.3. The van der Waals surface area contributed by atoms with Crippen LogP contribution in [0.1, 0.15) is 42.1 Å². The SMILES string of the molecule is CN(N)C(=O)N(N)c1cccc(C2CCC2)c1/C=C/c1ccco1. The van der Waals surface area contributed by atoms with E-state index in [0.717, 1.165) is 34.2 Å². The number of rotatable bonds is 4. The highest BCUT2D eigenvalue weighted by atomic mass is 16.3. The number of nitrogens with two attached hydrogens (primary N) is 2. The number of hydrogen-bond donors (Lipinski definition) is 2. The third-order valence-electron chi connectivity index (χ3n) is 4.39. The average Bonchev–Trinajstić information content (AvgIpc) is 3.03. The number of hydrogen-bond acceptors (Lipinski definition) is 4. The molecule has 1 saturated carbocycles. The Bertz CT molecular complexity index is 733. The van der Waals surface area contributed by atoms with E-state index in [-0.39, 0.29) is 0 Å². The fourth-order valence-corrected chi connectivity index (χ4v) is 2.86. The maximum absolute atomic E-state index is 12.2. The number of furan rings is 1. The van der Waals surface area contributed by atoms with Crippen molar-refractivity contribution in [1.29, 1.82) is 0 Å². The molecule has 6 heteroatoms. The molecule has 1 aromatic heterocycles. The summed E-state index contributed by atoms with van der Waals surface area (Å²) < 4.78 is 5.36. The summed E-state index contributed by atoms with van der Waals surface area (Å²) >= 11 is 0. The van der Waals surface area contributed by atoms with Crippen LogP contribution in [0.4, 0.5) is 10.5 Å². The molecule has 1 heterocycles. The molecule has 2 amide bonds. The lowest BCUT2D eigenvalue weighted by Gasteiger charge is -2.30. The van der Waals surface area contributed by atoms with Gasteiger partial charge in [-0.2, -0.15) is 0 Å². The summed E-state index contributed by atoms with van der Waals surface area (Å²) in [6.45, 7) is 0. The molecule has 0 unspecified atom stereocenters. The number of carbonyl (C=O) groups excluding carboxylic acids is 1. The molecule has 4 N–H and O–H groups in total. The van der Waals surface area contributed by atoms with Crippen molar-refractivity contribution in [2.75, 3.05) is 12.1 Å². The van der Waals surface area contributed by atoms with Gasteiger partial charge in [0.05, 0.1) is 12.0 Å². The van der Waals surface area contributed by atoms with E-state index in [2.05, 4.69) is 6.07 Å². The van der Waals surface area contributed by atoms with Crippen molar-refractivity contribution < 1.29 is 9.21 Å². The molecule has 0 aliphatic heterocycles. The van der Waals surface area contributed by atoms with E-state index in [1.165, 1.54) is 19.0 Å². The van der Waals surface area contributed by atoms with Crippen LogP contribution >= 0.6 is 0 Å². The van der Waals surface area contributed by atoms with E-state index < -0.39 is 6.03 Å². The second-order valence-electron chi connectivity index (χ2n) is 6.02. The van der Waals surface area contributed by atoms with Crippen molar-refractivity contribution in [2.45, 2.75) is 25.2 Å². The number of benzene rings is 1. The van der Waals surface area contributed by atoms with Gasteiger partial charge in [-0.25, -0.2) is 21.5 Å². The Labute approximate surface area is 141 Å². The molecule has 0 radical (unpaired) electrons. The molecule has 1 aliphatic rings. The van der Waals surface area contributed by atoms with Crippen LogP contribution in [0, 0.1) is 0 Å². The third kappa shape index (κ3) is 3.20. The van der Waals surface area contributed by atoms with Crippen LogP contribution in [0.15, 0.2) is 41.0 Å². The van der Waals surface area contributed by atoms with Crippen molar-refractivity contribution in [1.82, 2.24) is 5.01 Å². The summed E-state index contributed by atoms with van der Waals surface area (Å²) in [5, 5.41) is 2.06. The fourth-order valence-electron chi connectivity index (χ4n) is 2.86. The lowest BCUT2D eigenvalue weighted by atomic mass is 9.78. The molecule has 24 heavy (non-hydrogen) atoms. The molecule has 0 atom stereocenters. The van der Waals surface area contributed by atoms with Gasteiger partial charge in [-0.3, -0.25) is 5.01 Å². The predicted molar refractivity (Wildman–Crippen MR) is 94.7 cm³/mol. The average molecular weight is 326 g/mol. The van der Waals surface area contributed by atoms with Gasteiger partial charge in [0.1, 0.15) is 5.76 Å². The zero-order valence-electron chi connectivity index (χ0n) is 13.7. The summed E-state index contributed by atoms with van der Waals surface area (Å²) in [6, 6.07) is 9.08. The minimum absolute atomic E-state index is 0.478. The van der Waals surface area contributed by atoms with Crippen LogP contribution in [0.2, 0.25) is 0 Å². The van der Waals surface area contributed by atoms with Gasteiger partial charge in [-0.15, -0.1) is 0 Å². The van der Waals surface area contributed by atoms with Gasteiger partial charge < -0.3 is 4.42 Å². The normalized spacial score (nSPS) is 14.6. The fraction of sp³-hybridized carbons (Fsp3) is 0.278. The monoisotopic (exact) mass is 326 g/mol. The van der Waals surface area contributed by atoms with Crippen LogP contribution in [-0.2, 0) is 0 Å². The quantitative estimate of drug-likeness (QED) is 0.512. The van der Waals surface area contributed by atoms with Gasteiger partial charge >= 0.3 is 6.03 Å². The first-order chi connectivity index (χ1) is 11.6. The van der Waals surface area contributed by atoms with Gasteiger partial charge in [0.15, 0.2) is 0 Å². The Morgan fingerprint density at radius 2 is 2.00 bits per heavy atom. The van der Waals surface area contributed by atoms with Crippen LogP contribution in [0.5, 0.6) is 0 Å². The number of anilines is 1. The first-order valence-corrected chi connectivity index (χ1v) is 7.99. The van der Waals surface area contributed by atoms with Crippen molar-refractivity contribution >= 4 is 23.9 Å². The topological polar surface area (TPSA) is 88.7 Å². The smallest absolute Gasteiger partial charge is 0.352 e. The van der Waals surface area contributed by atoms with Crippen molar-refractivity contribution in [3.8, 4) is 0 Å². The molecule has 0 bridgehead atoms. The zero-order chi connectivity index (χ0) is 17.1. The highest BCUT2D eigenvalue weighted by molar-refractivity contribution is 5.94. The molecule has 2 aromatic rings. The van der Waals surface area contributed by atoms with Crippen LogP contribution in [0.3, 0.4) is 0 Å². The molecule has 0 saturated heterocycles. The maximum Gasteiger partial charge on any atom is 0.352 e. The molecule has 1 aliphatic carbocycles. The molecule has 6 nitrogen and oxygen atoms in total. The van der Waals surface area contributed by atoms with Crippen LogP contribution in [0.25, 0.3) is 12.2 Å². The molecule has 0 spiro atoms. The predicted octanol–water partition coefficient (Wildman–Crippen LogP) is 3.32. The largest absolute Gasteiger partial charge is 0.465 e. The maximum atomic E-state index is 12.2. The molecule has 1 aromatic carbocycles. The summed E-state index contributed by atoms with van der Waals surface area (Å²) in [4.78, 5) is 12.2. The summed E-state index contributed by atoms with van der Waals surface area (Å²) in [6.07, 6.45) is 8.99. The standard InChI is InChI=1S/C18H22N4O2/c1-21(19)18(23)22(20)17-9-3-8-15(13-5-2-6-13)16(17)11-10-14-7-4-12-24-14/h3-4,7-13H,2,5-6,19-20H2,1H3/b11-10+. The van der Waals surface area contributed by atoms with E-state index >= 15 is 0 Å². The van der Waals surface area contributed by atoms with Crippen LogP contribution < -0.4 is 16.7 Å². The summed E-state index contributed by atoms with van der Waals surface area (Å²) in [7, 11) is 1.47. The van der Waals surface area contributed by atoms with Gasteiger partial charge in [0.2, 0.25) is 0 Å². The van der Waals surface area contributed by atoms with Gasteiger partial charge in [-0.05, 0) is 54.7 Å². The number of hydrazine groups is 2. The minimum atomic E-state index is -0.478. The molecule has 126 valence electrons. The Kier molecular flexibility index (Phi) is 4.69. The van der Waals surface area contributed by atoms with Gasteiger partial charge in [0.25, 0.3) is 0 Å². The number of nitrogens with zero attached hydrogens (tertiary/aromatic N) is 2. The van der Waals surface area contributed by atoms with Gasteiger partial charge in [-0.1, -0.05) is 18.6 Å². The van der Waals surface area contributed by atoms with Gasteiger partial charge in [0, 0.05) is 12.6 Å². The molecule has 1 fully saturated rings. The van der Waals surface area contributed by atoms with E-state index in [1.54, 1.807) is 6.26 Å². The van der Waals surface area contributed by atoms with E-state index in [1.807, 2.05) is 36.4 Å². The highest BCUT2D eigenvalue weighted by Gasteiger charge is 2.25. The number of urea groups is 1. The van der Waals surface area contributed by atoms with Crippen LogP contribution in [-0.4, -0.2) is 18.1 Å². The van der Waals surface area contributed by atoms with Crippen molar-refractivity contribution in [3.63, 3.8) is 0 Å². The second-order valence-corrected chi connectivity index (χ2v) is 6.02. The second kappa shape index (κ2) is 6.90. The van der Waals surface area contributed by atoms with Crippen molar-refractivity contribution in [3.05, 3.63) is 53.5 Å². The first-order valence-electron chi connectivity index (χ1n) is 7.99. The zero-order valence-corrected chi connectivity index (χ0v) is 13.7. The Morgan fingerprint density at radius 3 is 2.58 bits per heavy atom. The van der Waals surface area contributed by atoms with E-state index in [4.69, 9.17) is 16.1 Å². The molecule has 3 rings (SSSR count). The van der Waals surface area contributed by atoms with E-state index in [9.17, 15) is 4.79 Å². The Balaban J connectivity index is 2.02.